The van der Waals surface area contributed by atoms with Crippen LogP contribution in [0.4, 0.5) is 0 Å². The summed E-state index contributed by atoms with van der Waals surface area (Å²) in [4.78, 5) is 0. The fourth-order valence-corrected chi connectivity index (χ4v) is 5.58. The molecule has 0 radical (unpaired) electrons. The van der Waals surface area contributed by atoms with Crippen molar-refractivity contribution in [2.24, 2.45) is 19.3 Å². The summed E-state index contributed by atoms with van der Waals surface area (Å²) in [5, 5.41) is 17.1. The molecule has 0 spiro atoms. The molecule has 202 valence electrons. The monoisotopic (exact) mass is 536 g/mol. The molecule has 5 nitrogen and oxygen atoms in total. The van der Waals surface area contributed by atoms with Gasteiger partial charge in [-0.25, -0.2) is 0 Å². The fraction of sp³-hybridized carbons (Fsp3) is 0.0833. The molecule has 0 atom stereocenters. The average Bonchev–Trinajstić information content (AvgIpc) is 3.71. The zero-order valence-corrected chi connectivity index (χ0v) is 23.5. The maximum atomic E-state index is 8.86. The van der Waals surface area contributed by atoms with Crippen molar-refractivity contribution in [1.82, 2.24) is 13.7 Å². The Morgan fingerprint density at radius 1 is 0.707 bits per heavy atom. The Morgan fingerprint density at radius 3 is 1.83 bits per heavy atom. The van der Waals surface area contributed by atoms with Crippen molar-refractivity contribution in [1.29, 1.82) is 0 Å². The summed E-state index contributed by atoms with van der Waals surface area (Å²) >= 11 is 0. The molecule has 0 fully saturated rings. The number of nitrogens with zero attached hydrogens (tertiary/aromatic N) is 4. The molecule has 0 bridgehead atoms. The fourth-order valence-electron chi connectivity index (χ4n) is 5.58. The Bertz CT molecular complexity index is 2080. The number of rotatable bonds is 3. The summed E-state index contributed by atoms with van der Waals surface area (Å²) in [6, 6.07) is 33.8. The van der Waals surface area contributed by atoms with Gasteiger partial charge in [-0.1, -0.05) is 60.3 Å². The molecular formula is C36H32N4O. The molecule has 0 aliphatic rings. The number of aryl methyl sites for hydroxylation is 2. The van der Waals surface area contributed by atoms with Crippen molar-refractivity contribution in [2.75, 3.05) is 0 Å². The first-order valence-electron chi connectivity index (χ1n) is 13.3. The highest BCUT2D eigenvalue weighted by Gasteiger charge is 2.11. The SMILES string of the molecule is C#C.C/C(=N/O)c1ccc2c(c1)c1ccccc1n2C.C=Cn1cccc1-c1ccc2c(c1)c1ccccc1n2C. The largest absolute Gasteiger partial charge is 0.411 e. The first kappa shape index (κ1) is 27.1. The van der Waals surface area contributed by atoms with E-state index in [1.165, 1.54) is 54.9 Å². The minimum absolute atomic E-state index is 0.629. The van der Waals surface area contributed by atoms with Gasteiger partial charge < -0.3 is 18.9 Å². The van der Waals surface area contributed by atoms with Crippen LogP contribution in [0.15, 0.2) is 115 Å². The predicted octanol–water partition coefficient (Wildman–Crippen LogP) is 8.68. The van der Waals surface area contributed by atoms with Gasteiger partial charge in [0, 0.05) is 70.1 Å². The maximum Gasteiger partial charge on any atom is 0.0837 e. The van der Waals surface area contributed by atoms with E-state index in [4.69, 9.17) is 5.21 Å². The number of hydrogen-bond acceptors (Lipinski definition) is 2. The molecule has 0 aliphatic carbocycles. The number of para-hydroxylation sites is 2. The Morgan fingerprint density at radius 2 is 1.24 bits per heavy atom. The summed E-state index contributed by atoms with van der Waals surface area (Å²) in [7, 11) is 4.19. The molecule has 0 unspecified atom stereocenters. The minimum Gasteiger partial charge on any atom is -0.411 e. The average molecular weight is 537 g/mol. The van der Waals surface area contributed by atoms with Crippen molar-refractivity contribution >= 4 is 55.5 Å². The highest BCUT2D eigenvalue weighted by Crippen LogP contribution is 2.32. The molecule has 7 rings (SSSR count). The van der Waals surface area contributed by atoms with E-state index in [-0.39, 0.29) is 0 Å². The zero-order chi connectivity index (χ0) is 29.1. The van der Waals surface area contributed by atoms with Crippen LogP contribution in [0.2, 0.25) is 0 Å². The molecule has 0 aliphatic heterocycles. The normalized spacial score (nSPS) is 11.3. The molecule has 1 N–H and O–H groups in total. The summed E-state index contributed by atoms with van der Waals surface area (Å²) in [6.45, 7) is 5.66. The van der Waals surface area contributed by atoms with Gasteiger partial charge in [-0.3, -0.25) is 0 Å². The van der Waals surface area contributed by atoms with E-state index in [0.29, 0.717) is 5.71 Å². The van der Waals surface area contributed by atoms with Gasteiger partial charge in [-0.15, -0.1) is 12.8 Å². The lowest BCUT2D eigenvalue weighted by molar-refractivity contribution is 0.319. The molecule has 0 saturated heterocycles. The minimum atomic E-state index is 0.629. The van der Waals surface area contributed by atoms with Gasteiger partial charge in [0.2, 0.25) is 0 Å². The van der Waals surface area contributed by atoms with Crippen LogP contribution in [-0.2, 0) is 14.1 Å². The van der Waals surface area contributed by atoms with E-state index in [1.807, 2.05) is 41.2 Å². The van der Waals surface area contributed by atoms with E-state index < -0.39 is 0 Å². The molecule has 3 heterocycles. The van der Waals surface area contributed by atoms with Crippen LogP contribution in [0.5, 0.6) is 0 Å². The van der Waals surface area contributed by atoms with E-state index in [0.717, 1.165) is 5.56 Å². The van der Waals surface area contributed by atoms with Gasteiger partial charge in [0.05, 0.1) is 11.4 Å². The standard InChI is InChI=1S/C19H16N2.C15H14N2O.C2H2/c1-3-21-12-6-9-17(21)14-10-11-19-16(13-14)15-7-4-5-8-18(15)20(19)2;1-10(16-18)11-7-8-15-13(9-11)12-5-3-4-6-14(12)17(15)2;1-2/h3-13H,1H2,2H3;3-9,18H,1-2H3;1-2H/b;16-10-;. The van der Waals surface area contributed by atoms with Crippen LogP contribution in [0, 0.1) is 12.8 Å². The summed E-state index contributed by atoms with van der Waals surface area (Å²) < 4.78 is 6.48. The van der Waals surface area contributed by atoms with Crippen LogP contribution < -0.4 is 0 Å². The van der Waals surface area contributed by atoms with E-state index in [1.54, 1.807) is 6.92 Å². The second-order valence-electron chi connectivity index (χ2n) is 9.78. The summed E-state index contributed by atoms with van der Waals surface area (Å²) in [5.74, 6) is 0. The van der Waals surface area contributed by atoms with Crippen LogP contribution in [-0.4, -0.2) is 24.6 Å². The lowest BCUT2D eigenvalue weighted by atomic mass is 10.1. The molecule has 7 aromatic rings. The zero-order valence-electron chi connectivity index (χ0n) is 23.5. The first-order chi connectivity index (χ1) is 20.0. The third kappa shape index (κ3) is 4.66. The molecule has 0 saturated carbocycles. The van der Waals surface area contributed by atoms with E-state index in [2.05, 4.69) is 121 Å². The van der Waals surface area contributed by atoms with Crippen LogP contribution in [0.25, 0.3) is 61.1 Å². The van der Waals surface area contributed by atoms with Crippen molar-refractivity contribution in [3.63, 3.8) is 0 Å². The quantitative estimate of drug-likeness (QED) is 0.104. The third-order valence-electron chi connectivity index (χ3n) is 7.67. The Balaban J connectivity index is 0.000000157. The van der Waals surface area contributed by atoms with Gasteiger partial charge in [0.15, 0.2) is 0 Å². The second-order valence-corrected chi connectivity index (χ2v) is 9.78. The Labute approximate surface area is 239 Å². The number of terminal acetylenes is 1. The molecule has 3 aromatic heterocycles. The molecule has 5 heteroatoms. The molecular weight excluding hydrogens is 504 g/mol. The van der Waals surface area contributed by atoms with Crippen LogP contribution in [0.1, 0.15) is 12.5 Å². The van der Waals surface area contributed by atoms with Gasteiger partial charge in [-0.05, 0) is 66.6 Å². The third-order valence-corrected chi connectivity index (χ3v) is 7.67. The number of fused-ring (bicyclic) bond motifs is 6. The van der Waals surface area contributed by atoms with Gasteiger partial charge >= 0.3 is 0 Å². The van der Waals surface area contributed by atoms with Crippen molar-refractivity contribution in [3.8, 4) is 24.1 Å². The van der Waals surface area contributed by atoms with Gasteiger partial charge in [-0.2, -0.15) is 0 Å². The number of oxime groups is 1. The van der Waals surface area contributed by atoms with Gasteiger partial charge in [0.1, 0.15) is 0 Å². The summed E-state index contributed by atoms with van der Waals surface area (Å²) in [6.07, 6.45) is 11.9. The number of aromatic nitrogens is 3. The lowest BCUT2D eigenvalue weighted by Gasteiger charge is -2.05. The Kier molecular flexibility index (Phi) is 7.49. The van der Waals surface area contributed by atoms with Gasteiger partial charge in [0.25, 0.3) is 0 Å². The highest BCUT2D eigenvalue weighted by molar-refractivity contribution is 6.11. The number of hydrogen-bond donors (Lipinski definition) is 1. The predicted molar refractivity (Wildman–Crippen MR) is 175 cm³/mol. The van der Waals surface area contributed by atoms with Crippen molar-refractivity contribution < 1.29 is 5.21 Å². The lowest BCUT2D eigenvalue weighted by Crippen LogP contribution is -1.94. The summed E-state index contributed by atoms with van der Waals surface area (Å²) in [5.41, 5.74) is 8.88. The van der Waals surface area contributed by atoms with Crippen LogP contribution in [0.3, 0.4) is 0 Å². The second kappa shape index (κ2) is 11.3. The smallest absolute Gasteiger partial charge is 0.0837 e. The van der Waals surface area contributed by atoms with E-state index >= 15 is 0 Å². The Hall–Kier alpha value is -5.47. The molecule has 4 aromatic carbocycles. The maximum absolute atomic E-state index is 8.86. The topological polar surface area (TPSA) is 47.4 Å². The highest BCUT2D eigenvalue weighted by atomic mass is 16.4. The molecule has 41 heavy (non-hydrogen) atoms. The van der Waals surface area contributed by atoms with E-state index in [9.17, 15) is 0 Å². The van der Waals surface area contributed by atoms with Crippen LogP contribution >= 0.6 is 0 Å². The van der Waals surface area contributed by atoms with Crippen molar-refractivity contribution in [2.45, 2.75) is 6.92 Å². The first-order valence-corrected chi connectivity index (χ1v) is 13.3. The molecule has 0 amide bonds. The van der Waals surface area contributed by atoms with Crippen molar-refractivity contribution in [3.05, 3.63) is 115 Å². The number of benzene rings is 4.